The lowest BCUT2D eigenvalue weighted by Gasteiger charge is -2.06. The number of amides is 2. The average Bonchev–Trinajstić information content (AvgIpc) is 2.10. The Morgan fingerprint density at radius 3 is 2.00 bits per heavy atom. The van der Waals surface area contributed by atoms with E-state index in [-0.39, 0.29) is 36.6 Å². The maximum Gasteiger partial charge on any atom is 0.222 e. The van der Waals surface area contributed by atoms with Crippen molar-refractivity contribution in [1.29, 1.82) is 0 Å². The molecule has 0 aliphatic heterocycles. The van der Waals surface area contributed by atoms with Crippen molar-refractivity contribution in [2.45, 2.75) is 20.8 Å². The third-order valence-electron chi connectivity index (χ3n) is 1.52. The number of Topliss-reactive ketones (excluding diaryl/α,β-unsaturated/α-hetero) is 1. The number of nitrogens with one attached hydrogen (secondary N) is 2. The Labute approximate surface area is 83.2 Å². The maximum atomic E-state index is 11.0. The summed E-state index contributed by atoms with van der Waals surface area (Å²) in [6.07, 6.45) is 0. The molecule has 0 aliphatic rings. The highest BCUT2D eigenvalue weighted by Gasteiger charge is 2.08. The van der Waals surface area contributed by atoms with Crippen LogP contribution < -0.4 is 10.6 Å². The Bertz CT molecular complexity index is 236. The van der Waals surface area contributed by atoms with E-state index in [1.54, 1.807) is 13.8 Å². The summed E-state index contributed by atoms with van der Waals surface area (Å²) < 4.78 is 0. The van der Waals surface area contributed by atoms with Gasteiger partial charge in [0.25, 0.3) is 0 Å². The molecule has 5 heteroatoms. The third kappa shape index (κ3) is 6.16. The molecule has 14 heavy (non-hydrogen) atoms. The van der Waals surface area contributed by atoms with E-state index in [1.807, 2.05) is 0 Å². The van der Waals surface area contributed by atoms with Crippen molar-refractivity contribution in [1.82, 2.24) is 10.6 Å². The minimum Gasteiger partial charge on any atom is -0.349 e. The molecule has 0 bridgehead atoms. The zero-order valence-corrected chi connectivity index (χ0v) is 8.72. The predicted octanol–water partition coefficient (Wildman–Crippen LogP) is -0.536. The van der Waals surface area contributed by atoms with Crippen molar-refractivity contribution >= 4 is 17.6 Å². The van der Waals surface area contributed by atoms with E-state index in [4.69, 9.17) is 0 Å². The number of carbonyl (C=O) groups excluding carboxylic acids is 3. The van der Waals surface area contributed by atoms with Crippen molar-refractivity contribution < 1.29 is 14.4 Å². The molecule has 0 heterocycles. The van der Waals surface area contributed by atoms with Crippen molar-refractivity contribution in [3.63, 3.8) is 0 Å². The quantitative estimate of drug-likeness (QED) is 0.626. The molecule has 5 nitrogen and oxygen atoms in total. The van der Waals surface area contributed by atoms with Gasteiger partial charge in [0.2, 0.25) is 11.8 Å². The molecular formula is C9H16N2O3. The molecule has 0 saturated carbocycles. The van der Waals surface area contributed by atoms with Crippen molar-refractivity contribution in [2.75, 3.05) is 13.1 Å². The lowest BCUT2D eigenvalue weighted by atomic mass is 10.2. The molecule has 0 rings (SSSR count). The molecule has 0 unspecified atom stereocenters. The number of carbonyl (C=O) groups is 3. The molecule has 0 aromatic carbocycles. The highest BCUT2D eigenvalue weighted by molar-refractivity contribution is 5.89. The number of ketones is 1. The van der Waals surface area contributed by atoms with Crippen LogP contribution in [0.4, 0.5) is 0 Å². The molecule has 80 valence electrons. The summed E-state index contributed by atoms with van der Waals surface area (Å²) in [6, 6.07) is 0. The summed E-state index contributed by atoms with van der Waals surface area (Å²) in [5.74, 6) is -0.771. The Balaban J connectivity index is 3.64. The Morgan fingerprint density at radius 1 is 1.07 bits per heavy atom. The first kappa shape index (κ1) is 12.6. The second-order valence-corrected chi connectivity index (χ2v) is 3.32. The van der Waals surface area contributed by atoms with E-state index in [2.05, 4.69) is 10.6 Å². The second-order valence-electron chi connectivity index (χ2n) is 3.32. The molecule has 0 aromatic heterocycles. The third-order valence-corrected chi connectivity index (χ3v) is 1.52. The van der Waals surface area contributed by atoms with Gasteiger partial charge in [-0.05, 0) is 0 Å². The SMILES string of the molecule is CC(=O)NCC(=O)CNC(=O)C(C)C. The van der Waals surface area contributed by atoms with Crippen molar-refractivity contribution in [2.24, 2.45) is 5.92 Å². The summed E-state index contributed by atoms with van der Waals surface area (Å²) in [7, 11) is 0. The summed E-state index contributed by atoms with van der Waals surface area (Å²) >= 11 is 0. The molecule has 0 aliphatic carbocycles. The van der Waals surface area contributed by atoms with Gasteiger partial charge < -0.3 is 10.6 Å². The predicted molar refractivity (Wildman–Crippen MR) is 51.5 cm³/mol. The normalized spacial score (nSPS) is 9.71. The van der Waals surface area contributed by atoms with Crippen LogP contribution in [-0.4, -0.2) is 30.7 Å². The minimum absolute atomic E-state index is 0.0305. The van der Waals surface area contributed by atoms with Gasteiger partial charge in [-0.3, -0.25) is 14.4 Å². The first-order valence-corrected chi connectivity index (χ1v) is 4.47. The standard InChI is InChI=1S/C9H16N2O3/c1-6(2)9(14)11-5-8(13)4-10-7(3)12/h6H,4-5H2,1-3H3,(H,10,12)(H,11,14). The van der Waals surface area contributed by atoms with Gasteiger partial charge >= 0.3 is 0 Å². The Hall–Kier alpha value is -1.39. The van der Waals surface area contributed by atoms with Gasteiger partial charge in [0.15, 0.2) is 5.78 Å². The van der Waals surface area contributed by atoms with Crippen LogP contribution in [0.25, 0.3) is 0 Å². The highest BCUT2D eigenvalue weighted by Crippen LogP contribution is 1.89. The summed E-state index contributed by atoms with van der Waals surface area (Å²) in [4.78, 5) is 32.5. The lowest BCUT2D eigenvalue weighted by Crippen LogP contribution is -2.37. The van der Waals surface area contributed by atoms with Crippen molar-refractivity contribution in [3.8, 4) is 0 Å². The number of rotatable bonds is 5. The van der Waals surface area contributed by atoms with Gasteiger partial charge in [-0.15, -0.1) is 0 Å². The van der Waals surface area contributed by atoms with Crippen LogP contribution in [-0.2, 0) is 14.4 Å². The molecule has 0 spiro atoms. The van der Waals surface area contributed by atoms with Gasteiger partial charge in [0.05, 0.1) is 13.1 Å². The smallest absolute Gasteiger partial charge is 0.222 e. The maximum absolute atomic E-state index is 11.0. The second kappa shape index (κ2) is 6.12. The fourth-order valence-corrected chi connectivity index (χ4v) is 0.675. The van der Waals surface area contributed by atoms with Gasteiger partial charge in [0, 0.05) is 12.8 Å². The Kier molecular flexibility index (Phi) is 5.52. The minimum atomic E-state index is -0.256. The average molecular weight is 200 g/mol. The van der Waals surface area contributed by atoms with Crippen LogP contribution in [0.15, 0.2) is 0 Å². The number of hydrogen-bond donors (Lipinski definition) is 2. The van der Waals surface area contributed by atoms with E-state index in [1.165, 1.54) is 6.92 Å². The zero-order chi connectivity index (χ0) is 11.1. The van der Waals surface area contributed by atoms with Crippen LogP contribution in [0, 0.1) is 5.92 Å². The van der Waals surface area contributed by atoms with E-state index in [9.17, 15) is 14.4 Å². The molecular weight excluding hydrogens is 184 g/mol. The van der Waals surface area contributed by atoms with E-state index in [0.717, 1.165) is 0 Å². The first-order valence-electron chi connectivity index (χ1n) is 4.47. The lowest BCUT2D eigenvalue weighted by molar-refractivity contribution is -0.127. The van der Waals surface area contributed by atoms with Gasteiger partial charge in [-0.1, -0.05) is 13.8 Å². The van der Waals surface area contributed by atoms with Crippen LogP contribution in [0.2, 0.25) is 0 Å². The molecule has 0 aromatic rings. The first-order chi connectivity index (χ1) is 6.43. The van der Waals surface area contributed by atoms with Crippen LogP contribution in [0.1, 0.15) is 20.8 Å². The van der Waals surface area contributed by atoms with Crippen LogP contribution >= 0.6 is 0 Å². The molecule has 0 saturated heterocycles. The summed E-state index contributed by atoms with van der Waals surface area (Å²) in [6.45, 7) is 4.76. The molecule has 0 fully saturated rings. The zero-order valence-electron chi connectivity index (χ0n) is 8.72. The van der Waals surface area contributed by atoms with Gasteiger partial charge in [0.1, 0.15) is 0 Å². The number of hydrogen-bond acceptors (Lipinski definition) is 3. The molecule has 2 amide bonds. The summed E-state index contributed by atoms with van der Waals surface area (Å²) in [5.41, 5.74) is 0. The van der Waals surface area contributed by atoms with Crippen LogP contribution in [0.3, 0.4) is 0 Å². The monoisotopic (exact) mass is 200 g/mol. The molecule has 2 N–H and O–H groups in total. The highest BCUT2D eigenvalue weighted by atomic mass is 16.2. The Morgan fingerprint density at radius 2 is 1.57 bits per heavy atom. The van der Waals surface area contributed by atoms with Gasteiger partial charge in [-0.2, -0.15) is 0 Å². The summed E-state index contributed by atoms with van der Waals surface area (Å²) in [5, 5.41) is 4.82. The molecule has 0 radical (unpaired) electrons. The van der Waals surface area contributed by atoms with E-state index >= 15 is 0 Å². The molecule has 0 atom stereocenters. The fourth-order valence-electron chi connectivity index (χ4n) is 0.675. The largest absolute Gasteiger partial charge is 0.349 e. The fraction of sp³-hybridized carbons (Fsp3) is 0.667. The van der Waals surface area contributed by atoms with Crippen LogP contribution in [0.5, 0.6) is 0 Å². The topological polar surface area (TPSA) is 75.3 Å². The van der Waals surface area contributed by atoms with E-state index in [0.29, 0.717) is 0 Å². The van der Waals surface area contributed by atoms with Crippen molar-refractivity contribution in [3.05, 3.63) is 0 Å². The van der Waals surface area contributed by atoms with E-state index < -0.39 is 0 Å². The van der Waals surface area contributed by atoms with Gasteiger partial charge in [-0.25, -0.2) is 0 Å².